The van der Waals surface area contributed by atoms with E-state index in [0.717, 1.165) is 5.57 Å². The molecule has 2 aliphatic carbocycles. The molecule has 0 aromatic rings. The summed E-state index contributed by atoms with van der Waals surface area (Å²) < 4.78 is 23.0. The van der Waals surface area contributed by atoms with Crippen molar-refractivity contribution in [2.75, 3.05) is 0 Å². The highest BCUT2D eigenvalue weighted by molar-refractivity contribution is 5.70. The molecular formula is C29H42O9. The lowest BCUT2D eigenvalue weighted by atomic mass is 9.44. The van der Waals surface area contributed by atoms with E-state index in [-0.39, 0.29) is 24.7 Å². The number of ether oxygens (including phenoxy) is 4. The van der Waals surface area contributed by atoms with Gasteiger partial charge in [0.1, 0.15) is 6.10 Å². The molecule has 1 saturated carbocycles. The molecule has 0 bridgehead atoms. The van der Waals surface area contributed by atoms with Crippen molar-refractivity contribution in [1.82, 2.24) is 0 Å². The van der Waals surface area contributed by atoms with Gasteiger partial charge in [-0.2, -0.15) is 0 Å². The molecule has 1 heterocycles. The summed E-state index contributed by atoms with van der Waals surface area (Å²) in [4.78, 5) is 36.9. The lowest BCUT2D eigenvalue weighted by Crippen LogP contribution is -2.68. The van der Waals surface area contributed by atoms with Crippen LogP contribution < -0.4 is 0 Å². The molecule has 0 aromatic carbocycles. The van der Waals surface area contributed by atoms with E-state index in [4.69, 9.17) is 18.9 Å². The first-order valence-corrected chi connectivity index (χ1v) is 13.2. The summed E-state index contributed by atoms with van der Waals surface area (Å²) in [6, 6.07) is 0. The van der Waals surface area contributed by atoms with Crippen LogP contribution in [0.4, 0.5) is 0 Å². The minimum atomic E-state index is -1.44. The molecule has 0 unspecified atom stereocenters. The van der Waals surface area contributed by atoms with Gasteiger partial charge in [-0.05, 0) is 49.0 Å². The largest absolute Gasteiger partial charge is 0.458 e. The van der Waals surface area contributed by atoms with Crippen LogP contribution in [0.3, 0.4) is 0 Å². The Labute approximate surface area is 224 Å². The van der Waals surface area contributed by atoms with Crippen molar-refractivity contribution in [2.45, 2.75) is 98.6 Å². The Hall–Kier alpha value is -2.49. The molecule has 1 saturated heterocycles. The summed E-state index contributed by atoms with van der Waals surface area (Å²) in [6.45, 7) is 15.9. The van der Waals surface area contributed by atoms with E-state index in [1.54, 1.807) is 12.2 Å². The number of carbonyl (C=O) groups is 3. The fourth-order valence-electron chi connectivity index (χ4n) is 6.46. The van der Waals surface area contributed by atoms with Gasteiger partial charge in [-0.15, -0.1) is 0 Å². The maximum Gasteiger partial charge on any atom is 0.306 e. The Morgan fingerprint density at radius 1 is 1.16 bits per heavy atom. The van der Waals surface area contributed by atoms with Crippen molar-refractivity contribution in [3.05, 3.63) is 36.0 Å². The Bertz CT molecular complexity index is 1010. The third-order valence-corrected chi connectivity index (χ3v) is 8.55. The van der Waals surface area contributed by atoms with Gasteiger partial charge in [0.15, 0.2) is 0 Å². The average molecular weight is 535 g/mol. The molecule has 212 valence electrons. The molecule has 2 N–H and O–H groups in total. The summed E-state index contributed by atoms with van der Waals surface area (Å²) in [5.41, 5.74) is -0.857. The van der Waals surface area contributed by atoms with Crippen LogP contribution in [-0.4, -0.2) is 59.0 Å². The maximum absolute atomic E-state index is 12.7. The van der Waals surface area contributed by atoms with Crippen LogP contribution in [0.5, 0.6) is 0 Å². The fourth-order valence-corrected chi connectivity index (χ4v) is 6.46. The average Bonchev–Trinajstić information content (AvgIpc) is 3.11. The number of esters is 3. The van der Waals surface area contributed by atoms with Crippen LogP contribution in [0.15, 0.2) is 36.0 Å². The molecule has 9 heteroatoms. The minimum absolute atomic E-state index is 0.0961. The second kappa shape index (κ2) is 11.3. The van der Waals surface area contributed by atoms with Crippen LogP contribution >= 0.6 is 0 Å². The van der Waals surface area contributed by atoms with E-state index >= 15 is 0 Å². The normalized spacial score (nSPS) is 38.5. The van der Waals surface area contributed by atoms with Crippen LogP contribution in [-0.2, 0) is 33.3 Å². The highest BCUT2D eigenvalue weighted by Gasteiger charge is 2.73. The molecule has 0 aromatic heterocycles. The zero-order valence-corrected chi connectivity index (χ0v) is 23.4. The molecule has 1 aliphatic heterocycles. The van der Waals surface area contributed by atoms with Crippen LogP contribution in [0.1, 0.15) is 67.7 Å². The Kier molecular flexibility index (Phi) is 8.95. The number of allylic oxidation sites excluding steroid dienone is 3. The number of hydrogen-bond donors (Lipinski definition) is 2. The van der Waals surface area contributed by atoms with Gasteiger partial charge < -0.3 is 24.4 Å². The smallest absolute Gasteiger partial charge is 0.306 e. The van der Waals surface area contributed by atoms with Crippen molar-refractivity contribution < 1.29 is 43.5 Å². The monoisotopic (exact) mass is 534 g/mol. The highest BCUT2D eigenvalue weighted by atomic mass is 16.8. The van der Waals surface area contributed by atoms with Crippen LogP contribution in [0.2, 0.25) is 0 Å². The van der Waals surface area contributed by atoms with Crippen molar-refractivity contribution >= 4 is 17.9 Å². The van der Waals surface area contributed by atoms with Gasteiger partial charge in [-0.25, -0.2) is 0 Å². The highest BCUT2D eigenvalue weighted by Crippen LogP contribution is 2.67. The second-order valence-electron chi connectivity index (χ2n) is 11.6. The lowest BCUT2D eigenvalue weighted by Gasteiger charge is -2.61. The van der Waals surface area contributed by atoms with E-state index in [1.165, 1.54) is 13.8 Å². The molecule has 9 nitrogen and oxygen atoms in total. The summed E-state index contributed by atoms with van der Waals surface area (Å²) in [6.07, 6.45) is 0.417. The van der Waals surface area contributed by atoms with Crippen LogP contribution in [0.25, 0.3) is 0 Å². The zero-order chi connectivity index (χ0) is 28.6. The predicted molar refractivity (Wildman–Crippen MR) is 138 cm³/mol. The first-order valence-electron chi connectivity index (χ1n) is 13.2. The van der Waals surface area contributed by atoms with Gasteiger partial charge in [0, 0.05) is 25.8 Å². The number of hydrogen-bond acceptors (Lipinski definition) is 9. The molecule has 38 heavy (non-hydrogen) atoms. The molecule has 0 amide bonds. The number of rotatable bonds is 8. The SMILES string of the molecule is C=C/C(C)=C/C[C@]1(C)[C@H]2C[C@H](OC(=O)CC(C)C)C=C3[C@H](OC(C)=O)O[C@H](OC(C)=O)[C@@]32[C@H](O)[C@@H](O)[C@@H]1C. The molecule has 3 rings (SSSR count). The van der Waals surface area contributed by atoms with Crippen molar-refractivity contribution in [2.24, 2.45) is 28.6 Å². The minimum Gasteiger partial charge on any atom is -0.458 e. The third-order valence-electron chi connectivity index (χ3n) is 8.55. The molecule has 1 spiro atoms. The van der Waals surface area contributed by atoms with Gasteiger partial charge in [0.2, 0.25) is 12.6 Å². The number of carbonyl (C=O) groups excluding carboxylic acids is 3. The first-order chi connectivity index (χ1) is 17.7. The van der Waals surface area contributed by atoms with Gasteiger partial charge >= 0.3 is 17.9 Å². The van der Waals surface area contributed by atoms with Crippen molar-refractivity contribution in [1.29, 1.82) is 0 Å². The predicted octanol–water partition coefficient (Wildman–Crippen LogP) is 3.59. The van der Waals surface area contributed by atoms with E-state index in [2.05, 4.69) is 6.58 Å². The molecule has 0 radical (unpaired) electrons. The van der Waals surface area contributed by atoms with Crippen molar-refractivity contribution in [3.63, 3.8) is 0 Å². The summed E-state index contributed by atoms with van der Waals surface area (Å²) in [5.74, 6) is -2.48. The zero-order valence-electron chi connectivity index (χ0n) is 23.4. The Morgan fingerprint density at radius 3 is 2.34 bits per heavy atom. The van der Waals surface area contributed by atoms with Gasteiger partial charge in [0.25, 0.3) is 0 Å². The quantitative estimate of drug-likeness (QED) is 0.208. The van der Waals surface area contributed by atoms with Gasteiger partial charge in [-0.1, -0.05) is 52.0 Å². The summed E-state index contributed by atoms with van der Waals surface area (Å²) in [7, 11) is 0. The standard InChI is InChI=1S/C29H42O9/c1-9-16(4)10-11-28(8)17(5)24(33)25(34)29-21(26(35-18(6)30)38-27(29)36-19(7)31)13-20(14-22(28)29)37-23(32)12-15(2)3/h9-10,13,15,17,20,22,24-27,33-34H,1,11-12,14H2,2-8H3/b16-10+/t17-,20+,22+,24-,25+,26+,27-,28-,29-/m0/s1. The lowest BCUT2D eigenvalue weighted by molar-refractivity contribution is -0.273. The van der Waals surface area contributed by atoms with E-state index in [0.29, 0.717) is 12.0 Å². The van der Waals surface area contributed by atoms with Crippen LogP contribution in [0, 0.1) is 28.6 Å². The maximum atomic E-state index is 12.7. The fraction of sp³-hybridized carbons (Fsp3) is 0.690. The van der Waals surface area contributed by atoms with Gasteiger partial charge in [-0.3, -0.25) is 19.1 Å². The summed E-state index contributed by atoms with van der Waals surface area (Å²) in [5, 5.41) is 23.1. The van der Waals surface area contributed by atoms with E-state index in [9.17, 15) is 24.6 Å². The van der Waals surface area contributed by atoms with E-state index in [1.807, 2.05) is 40.7 Å². The molecular weight excluding hydrogens is 492 g/mol. The van der Waals surface area contributed by atoms with Crippen molar-refractivity contribution in [3.8, 4) is 0 Å². The number of aliphatic hydroxyl groups is 2. The Balaban J connectivity index is 2.25. The van der Waals surface area contributed by atoms with E-state index < -0.39 is 65.5 Å². The third kappa shape index (κ3) is 5.33. The van der Waals surface area contributed by atoms with Gasteiger partial charge in [0.05, 0.1) is 17.6 Å². The summed E-state index contributed by atoms with van der Waals surface area (Å²) >= 11 is 0. The number of aliphatic hydroxyl groups excluding tert-OH is 2. The molecule has 3 aliphatic rings. The molecule has 9 atom stereocenters. The second-order valence-corrected chi connectivity index (χ2v) is 11.6. The first kappa shape index (κ1) is 30.1. The molecule has 2 fully saturated rings. The topological polar surface area (TPSA) is 129 Å². The Morgan fingerprint density at radius 2 is 1.79 bits per heavy atom.